The molecule has 2 heterocycles. The SMILES string of the molecule is CC(C)[C@H](NC(=O)C1Oc2ccccc2O1)c1cccs1. The van der Waals surface area contributed by atoms with Gasteiger partial charge >= 0.3 is 12.2 Å². The van der Waals surface area contributed by atoms with Crippen molar-refractivity contribution in [2.75, 3.05) is 0 Å². The molecule has 0 fully saturated rings. The van der Waals surface area contributed by atoms with E-state index in [1.807, 2.05) is 29.6 Å². The van der Waals surface area contributed by atoms with Crippen LogP contribution in [0.15, 0.2) is 41.8 Å². The Bertz CT molecular complexity index is 599. The van der Waals surface area contributed by atoms with Crippen molar-refractivity contribution in [3.63, 3.8) is 0 Å². The molecule has 2 aromatic rings. The highest BCUT2D eigenvalue weighted by Gasteiger charge is 2.32. The predicted molar refractivity (Wildman–Crippen MR) is 81.5 cm³/mol. The van der Waals surface area contributed by atoms with Gasteiger partial charge in [-0.1, -0.05) is 32.0 Å². The van der Waals surface area contributed by atoms with E-state index in [2.05, 4.69) is 19.2 Å². The van der Waals surface area contributed by atoms with Crippen molar-refractivity contribution in [3.8, 4) is 11.5 Å². The van der Waals surface area contributed by atoms with Crippen molar-refractivity contribution >= 4 is 17.2 Å². The summed E-state index contributed by atoms with van der Waals surface area (Å²) in [7, 11) is 0. The molecule has 1 atom stereocenters. The first-order valence-electron chi connectivity index (χ1n) is 6.91. The molecule has 1 amide bonds. The Morgan fingerprint density at radius 2 is 1.81 bits per heavy atom. The van der Waals surface area contributed by atoms with Gasteiger partial charge in [-0.25, -0.2) is 0 Å². The zero-order valence-corrected chi connectivity index (χ0v) is 12.7. The molecule has 4 nitrogen and oxygen atoms in total. The van der Waals surface area contributed by atoms with E-state index in [9.17, 15) is 4.79 Å². The number of ether oxygens (including phenoxy) is 2. The van der Waals surface area contributed by atoms with Gasteiger partial charge in [0.15, 0.2) is 11.5 Å². The van der Waals surface area contributed by atoms with Crippen LogP contribution in [0, 0.1) is 5.92 Å². The Hall–Kier alpha value is -2.01. The van der Waals surface area contributed by atoms with Crippen LogP contribution in [0.2, 0.25) is 0 Å². The Morgan fingerprint density at radius 1 is 1.14 bits per heavy atom. The van der Waals surface area contributed by atoms with Crippen LogP contribution in [-0.4, -0.2) is 12.2 Å². The number of hydrogen-bond acceptors (Lipinski definition) is 4. The number of benzene rings is 1. The van der Waals surface area contributed by atoms with E-state index in [0.29, 0.717) is 11.5 Å². The van der Waals surface area contributed by atoms with Crippen molar-refractivity contribution < 1.29 is 14.3 Å². The Kier molecular flexibility index (Phi) is 3.84. The Labute approximate surface area is 127 Å². The summed E-state index contributed by atoms with van der Waals surface area (Å²) < 4.78 is 11.1. The molecular formula is C16H17NO3S. The minimum absolute atomic E-state index is 0.0339. The van der Waals surface area contributed by atoms with Gasteiger partial charge in [0.25, 0.3) is 0 Å². The van der Waals surface area contributed by atoms with E-state index < -0.39 is 6.29 Å². The van der Waals surface area contributed by atoms with Gasteiger partial charge in [0.1, 0.15) is 0 Å². The number of thiophene rings is 1. The van der Waals surface area contributed by atoms with E-state index >= 15 is 0 Å². The van der Waals surface area contributed by atoms with Crippen LogP contribution in [0.5, 0.6) is 11.5 Å². The molecule has 1 aliphatic heterocycles. The van der Waals surface area contributed by atoms with Crippen LogP contribution in [-0.2, 0) is 4.79 Å². The maximum Gasteiger partial charge on any atom is 0.321 e. The smallest absolute Gasteiger partial charge is 0.321 e. The lowest BCUT2D eigenvalue weighted by Gasteiger charge is -2.22. The van der Waals surface area contributed by atoms with Crippen LogP contribution in [0.3, 0.4) is 0 Å². The largest absolute Gasteiger partial charge is 0.442 e. The van der Waals surface area contributed by atoms with E-state index in [-0.39, 0.29) is 17.9 Å². The minimum atomic E-state index is -0.913. The van der Waals surface area contributed by atoms with E-state index in [0.717, 1.165) is 4.88 Å². The number of para-hydroxylation sites is 2. The maximum atomic E-state index is 12.4. The normalized spacial score (nSPS) is 15.2. The average Bonchev–Trinajstić information content (AvgIpc) is 3.12. The third kappa shape index (κ3) is 2.88. The molecule has 5 heteroatoms. The van der Waals surface area contributed by atoms with E-state index in [1.165, 1.54) is 0 Å². The summed E-state index contributed by atoms with van der Waals surface area (Å²) in [5, 5.41) is 5.03. The lowest BCUT2D eigenvalue weighted by Crippen LogP contribution is -2.42. The number of hydrogen-bond donors (Lipinski definition) is 1. The topological polar surface area (TPSA) is 47.6 Å². The lowest BCUT2D eigenvalue weighted by atomic mass is 10.0. The summed E-state index contributed by atoms with van der Waals surface area (Å²) in [6.45, 7) is 4.16. The van der Waals surface area contributed by atoms with Gasteiger partial charge in [-0.15, -0.1) is 11.3 Å². The number of rotatable bonds is 4. The average molecular weight is 303 g/mol. The maximum absolute atomic E-state index is 12.4. The number of carbonyl (C=O) groups excluding carboxylic acids is 1. The quantitative estimate of drug-likeness (QED) is 0.942. The summed E-state index contributed by atoms with van der Waals surface area (Å²) >= 11 is 1.63. The van der Waals surface area contributed by atoms with Crippen LogP contribution < -0.4 is 14.8 Å². The molecule has 110 valence electrons. The van der Waals surface area contributed by atoms with Crippen LogP contribution >= 0.6 is 11.3 Å². The molecule has 0 aliphatic carbocycles. The molecule has 0 radical (unpaired) electrons. The molecule has 0 unspecified atom stereocenters. The highest BCUT2D eigenvalue weighted by Crippen LogP contribution is 2.34. The lowest BCUT2D eigenvalue weighted by molar-refractivity contribution is -0.137. The monoisotopic (exact) mass is 303 g/mol. The highest BCUT2D eigenvalue weighted by atomic mass is 32.1. The number of amides is 1. The summed E-state index contributed by atoms with van der Waals surface area (Å²) in [4.78, 5) is 13.5. The fourth-order valence-electron chi connectivity index (χ4n) is 2.26. The van der Waals surface area contributed by atoms with Gasteiger partial charge < -0.3 is 14.8 Å². The second-order valence-corrected chi connectivity index (χ2v) is 6.24. The van der Waals surface area contributed by atoms with Gasteiger partial charge in [0.05, 0.1) is 6.04 Å². The van der Waals surface area contributed by atoms with Crippen molar-refractivity contribution in [3.05, 3.63) is 46.7 Å². The number of nitrogens with one attached hydrogen (secondary N) is 1. The first-order valence-corrected chi connectivity index (χ1v) is 7.79. The summed E-state index contributed by atoms with van der Waals surface area (Å²) in [5.74, 6) is 1.25. The first-order chi connectivity index (χ1) is 10.1. The summed E-state index contributed by atoms with van der Waals surface area (Å²) in [6.07, 6.45) is -0.913. The molecule has 1 aromatic heterocycles. The third-order valence-corrected chi connectivity index (χ3v) is 4.30. The van der Waals surface area contributed by atoms with Gasteiger partial charge in [-0.2, -0.15) is 0 Å². The number of carbonyl (C=O) groups is 1. The molecule has 3 rings (SSSR count). The zero-order chi connectivity index (χ0) is 14.8. The van der Waals surface area contributed by atoms with Gasteiger partial charge in [-0.05, 0) is 29.5 Å². The molecule has 21 heavy (non-hydrogen) atoms. The fourth-order valence-corrected chi connectivity index (χ4v) is 3.21. The van der Waals surface area contributed by atoms with Gasteiger partial charge in [0, 0.05) is 4.88 Å². The zero-order valence-electron chi connectivity index (χ0n) is 11.9. The molecule has 0 saturated carbocycles. The number of fused-ring (bicyclic) bond motifs is 1. The third-order valence-electron chi connectivity index (χ3n) is 3.35. The van der Waals surface area contributed by atoms with Crippen molar-refractivity contribution in [2.24, 2.45) is 5.92 Å². The minimum Gasteiger partial charge on any atom is -0.442 e. The highest BCUT2D eigenvalue weighted by molar-refractivity contribution is 7.10. The fraction of sp³-hybridized carbons (Fsp3) is 0.312. The second-order valence-electron chi connectivity index (χ2n) is 5.26. The molecule has 1 aliphatic rings. The molecule has 0 bridgehead atoms. The Morgan fingerprint density at radius 3 is 2.33 bits per heavy atom. The van der Waals surface area contributed by atoms with E-state index in [1.54, 1.807) is 23.5 Å². The molecule has 1 aromatic carbocycles. The molecular weight excluding hydrogens is 286 g/mol. The first kappa shape index (κ1) is 13.9. The van der Waals surface area contributed by atoms with Gasteiger partial charge in [-0.3, -0.25) is 4.79 Å². The van der Waals surface area contributed by atoms with E-state index in [4.69, 9.17) is 9.47 Å². The summed E-state index contributed by atoms with van der Waals surface area (Å²) in [6, 6.07) is 11.3. The Balaban J connectivity index is 1.69. The predicted octanol–water partition coefficient (Wildman–Crippen LogP) is 3.36. The molecule has 0 spiro atoms. The summed E-state index contributed by atoms with van der Waals surface area (Å²) in [5.41, 5.74) is 0. The molecule has 0 saturated heterocycles. The van der Waals surface area contributed by atoms with Crippen molar-refractivity contribution in [2.45, 2.75) is 26.2 Å². The van der Waals surface area contributed by atoms with Crippen molar-refractivity contribution in [1.29, 1.82) is 0 Å². The van der Waals surface area contributed by atoms with Crippen LogP contribution in [0.4, 0.5) is 0 Å². The second kappa shape index (κ2) is 5.77. The standard InChI is InChI=1S/C16H17NO3S/c1-10(2)14(13-8-5-9-21-13)17-15(18)16-19-11-6-3-4-7-12(11)20-16/h3-10,14,16H,1-2H3,(H,17,18)/t14-/m0/s1. The van der Waals surface area contributed by atoms with Crippen LogP contribution in [0.25, 0.3) is 0 Å². The molecule has 1 N–H and O–H groups in total. The van der Waals surface area contributed by atoms with Gasteiger partial charge in [0.2, 0.25) is 0 Å². The van der Waals surface area contributed by atoms with Crippen LogP contribution in [0.1, 0.15) is 24.8 Å². The van der Waals surface area contributed by atoms with Crippen molar-refractivity contribution in [1.82, 2.24) is 5.32 Å².